The lowest BCUT2D eigenvalue weighted by Crippen LogP contribution is -2.34. The summed E-state index contributed by atoms with van der Waals surface area (Å²) in [5, 5.41) is 4.05. The van der Waals surface area contributed by atoms with Crippen molar-refractivity contribution in [2.45, 2.75) is 52.4 Å². The fraction of sp³-hybridized carbons (Fsp3) is 0.500. The number of aryl methyl sites for hydroxylation is 2. The number of carbonyl (C=O) groups excluding carboxylic acids is 1. The maximum absolute atomic E-state index is 12.2. The second-order valence-electron chi connectivity index (χ2n) is 7.02. The average Bonchev–Trinajstić information content (AvgIpc) is 2.58. The number of nitrogens with one attached hydrogen (secondary N) is 2. The van der Waals surface area contributed by atoms with Crippen LogP contribution in [0.1, 0.15) is 48.8 Å². The van der Waals surface area contributed by atoms with Gasteiger partial charge in [-0.3, -0.25) is 9.59 Å². The van der Waals surface area contributed by atoms with E-state index in [1.165, 1.54) is 17.5 Å². The van der Waals surface area contributed by atoms with Crippen molar-refractivity contribution < 1.29 is 4.79 Å². The lowest BCUT2D eigenvalue weighted by atomic mass is 9.88. The van der Waals surface area contributed by atoms with Gasteiger partial charge in [-0.1, -0.05) is 19.3 Å². The molecule has 0 saturated heterocycles. The maximum atomic E-state index is 12.2. The molecule has 24 heavy (non-hydrogen) atoms. The molecule has 4 nitrogen and oxygen atoms in total. The van der Waals surface area contributed by atoms with Crippen LogP contribution in [0.2, 0.25) is 0 Å². The number of fused-ring (bicyclic) bond motifs is 1. The lowest BCUT2D eigenvalue weighted by Gasteiger charge is -2.20. The molecule has 0 bridgehead atoms. The summed E-state index contributed by atoms with van der Waals surface area (Å²) in [4.78, 5) is 27.4. The predicted molar refractivity (Wildman–Crippen MR) is 97.3 cm³/mol. The number of amides is 1. The molecule has 1 amide bonds. The van der Waals surface area contributed by atoms with E-state index in [2.05, 4.69) is 23.3 Å². The second kappa shape index (κ2) is 7.20. The summed E-state index contributed by atoms with van der Waals surface area (Å²) >= 11 is 0. The van der Waals surface area contributed by atoms with Crippen molar-refractivity contribution in [3.63, 3.8) is 0 Å². The molecule has 1 aliphatic rings. The first-order valence-electron chi connectivity index (χ1n) is 8.95. The first-order chi connectivity index (χ1) is 11.5. The maximum Gasteiger partial charge on any atom is 0.251 e. The zero-order chi connectivity index (χ0) is 17.1. The van der Waals surface area contributed by atoms with Crippen molar-refractivity contribution in [2.24, 2.45) is 5.92 Å². The molecular formula is C20H26N2O2. The quantitative estimate of drug-likeness (QED) is 0.905. The Morgan fingerprint density at radius 2 is 1.83 bits per heavy atom. The minimum Gasteiger partial charge on any atom is -0.356 e. The first-order valence-corrected chi connectivity index (χ1v) is 8.95. The summed E-state index contributed by atoms with van der Waals surface area (Å²) in [6, 6.07) is 6.07. The van der Waals surface area contributed by atoms with E-state index in [1.54, 1.807) is 0 Å². The average molecular weight is 326 g/mol. The van der Waals surface area contributed by atoms with E-state index in [9.17, 15) is 9.59 Å². The zero-order valence-electron chi connectivity index (χ0n) is 14.6. The third-order valence-electron chi connectivity index (χ3n) is 5.20. The third kappa shape index (κ3) is 3.69. The number of carbonyl (C=O) groups is 1. The molecular weight excluding hydrogens is 300 g/mol. The molecule has 3 rings (SSSR count). The molecule has 0 unspecified atom stereocenters. The van der Waals surface area contributed by atoms with Crippen LogP contribution in [0.25, 0.3) is 10.9 Å². The molecule has 1 saturated carbocycles. The number of hydrogen-bond donors (Lipinski definition) is 2. The summed E-state index contributed by atoms with van der Waals surface area (Å²) in [5.41, 5.74) is 3.93. The highest BCUT2D eigenvalue weighted by Gasteiger charge is 2.20. The summed E-state index contributed by atoms with van der Waals surface area (Å²) in [7, 11) is 0. The molecule has 1 fully saturated rings. The van der Waals surface area contributed by atoms with Crippen LogP contribution in [0.3, 0.4) is 0 Å². The fourth-order valence-electron chi connectivity index (χ4n) is 3.54. The van der Waals surface area contributed by atoms with Crippen molar-refractivity contribution in [1.29, 1.82) is 0 Å². The Morgan fingerprint density at radius 1 is 1.12 bits per heavy atom. The minimum absolute atomic E-state index is 0.0577. The van der Waals surface area contributed by atoms with Crippen molar-refractivity contribution in [3.8, 4) is 0 Å². The minimum atomic E-state index is -0.0577. The van der Waals surface area contributed by atoms with Gasteiger partial charge in [0.25, 0.3) is 5.56 Å². The van der Waals surface area contributed by atoms with Gasteiger partial charge in [-0.2, -0.15) is 0 Å². The molecule has 2 N–H and O–H groups in total. The van der Waals surface area contributed by atoms with Crippen LogP contribution in [-0.2, 0) is 11.2 Å². The highest BCUT2D eigenvalue weighted by atomic mass is 16.2. The van der Waals surface area contributed by atoms with Gasteiger partial charge < -0.3 is 10.3 Å². The number of rotatable bonds is 4. The highest BCUT2D eigenvalue weighted by Crippen LogP contribution is 2.23. The van der Waals surface area contributed by atoms with E-state index in [-0.39, 0.29) is 17.4 Å². The smallest absolute Gasteiger partial charge is 0.251 e. The molecule has 1 heterocycles. The van der Waals surface area contributed by atoms with Crippen LogP contribution in [0.4, 0.5) is 0 Å². The Hall–Kier alpha value is -2.10. The summed E-state index contributed by atoms with van der Waals surface area (Å²) in [6.07, 6.45) is 6.12. The van der Waals surface area contributed by atoms with Gasteiger partial charge in [-0.05, 0) is 67.8 Å². The van der Waals surface area contributed by atoms with Gasteiger partial charge in [0.15, 0.2) is 0 Å². The molecule has 1 aromatic heterocycles. The number of aromatic nitrogens is 1. The number of benzene rings is 1. The summed E-state index contributed by atoms with van der Waals surface area (Å²) in [5.74, 6) is 0.317. The number of hydrogen-bond acceptors (Lipinski definition) is 2. The van der Waals surface area contributed by atoms with Crippen LogP contribution in [0, 0.1) is 19.8 Å². The van der Waals surface area contributed by atoms with Crippen LogP contribution in [0.5, 0.6) is 0 Å². The topological polar surface area (TPSA) is 62.0 Å². The first kappa shape index (κ1) is 16.7. The van der Waals surface area contributed by atoms with E-state index in [1.807, 2.05) is 19.1 Å². The van der Waals surface area contributed by atoms with E-state index >= 15 is 0 Å². The molecule has 1 aliphatic carbocycles. The van der Waals surface area contributed by atoms with E-state index in [0.29, 0.717) is 13.0 Å². The Bertz CT molecular complexity index is 801. The van der Waals surface area contributed by atoms with Crippen LogP contribution < -0.4 is 10.9 Å². The van der Waals surface area contributed by atoms with Gasteiger partial charge >= 0.3 is 0 Å². The second-order valence-corrected chi connectivity index (χ2v) is 7.02. The van der Waals surface area contributed by atoms with Crippen LogP contribution in [-0.4, -0.2) is 17.4 Å². The Labute approximate surface area is 142 Å². The molecule has 4 heteroatoms. The van der Waals surface area contributed by atoms with Gasteiger partial charge in [0, 0.05) is 23.5 Å². The number of aromatic amines is 1. The normalized spacial score (nSPS) is 15.6. The Balaban J connectivity index is 1.66. The number of H-pyrrole nitrogens is 1. The van der Waals surface area contributed by atoms with Crippen molar-refractivity contribution >= 4 is 16.8 Å². The fourth-order valence-corrected chi connectivity index (χ4v) is 3.54. The predicted octanol–water partition coefficient (Wildman–Crippen LogP) is 3.38. The van der Waals surface area contributed by atoms with Crippen molar-refractivity contribution in [2.75, 3.05) is 6.54 Å². The third-order valence-corrected chi connectivity index (χ3v) is 5.20. The molecule has 128 valence electrons. The molecule has 0 atom stereocenters. The van der Waals surface area contributed by atoms with Crippen molar-refractivity contribution in [3.05, 3.63) is 45.2 Å². The van der Waals surface area contributed by atoms with Gasteiger partial charge in [0.1, 0.15) is 0 Å². The Morgan fingerprint density at radius 3 is 2.58 bits per heavy atom. The van der Waals surface area contributed by atoms with Gasteiger partial charge in [0.05, 0.1) is 0 Å². The zero-order valence-corrected chi connectivity index (χ0v) is 14.6. The molecule has 0 radical (unpaired) electrons. The Kier molecular flexibility index (Phi) is 5.03. The molecule has 2 aromatic rings. The molecule has 0 aliphatic heterocycles. The van der Waals surface area contributed by atoms with Crippen LogP contribution >= 0.6 is 0 Å². The SMILES string of the molecule is Cc1cc2cc(CCNC(=O)C3CCCCC3)c(=O)[nH]c2cc1C. The largest absolute Gasteiger partial charge is 0.356 e. The van der Waals surface area contributed by atoms with E-state index in [4.69, 9.17) is 0 Å². The van der Waals surface area contributed by atoms with Crippen LogP contribution in [0.15, 0.2) is 23.0 Å². The molecule has 1 aromatic carbocycles. The van der Waals surface area contributed by atoms with E-state index < -0.39 is 0 Å². The van der Waals surface area contributed by atoms with Gasteiger partial charge in [0.2, 0.25) is 5.91 Å². The van der Waals surface area contributed by atoms with E-state index in [0.717, 1.165) is 42.1 Å². The van der Waals surface area contributed by atoms with Gasteiger partial charge in [-0.25, -0.2) is 0 Å². The van der Waals surface area contributed by atoms with Gasteiger partial charge in [-0.15, -0.1) is 0 Å². The van der Waals surface area contributed by atoms with Crippen molar-refractivity contribution in [1.82, 2.24) is 10.3 Å². The lowest BCUT2D eigenvalue weighted by molar-refractivity contribution is -0.125. The highest BCUT2D eigenvalue weighted by molar-refractivity contribution is 5.81. The molecule has 0 spiro atoms. The summed E-state index contributed by atoms with van der Waals surface area (Å²) < 4.78 is 0. The number of pyridine rings is 1. The standard InChI is InChI=1S/C20H26N2O2/c1-13-10-17-12-16(20(24)22-18(17)11-14(13)2)8-9-21-19(23)15-6-4-3-5-7-15/h10-12,15H,3-9H2,1-2H3,(H,21,23)(H,22,24). The monoisotopic (exact) mass is 326 g/mol. The summed E-state index contributed by atoms with van der Waals surface area (Å²) in [6.45, 7) is 4.64.